The molecule has 0 spiro atoms. The molecule has 1 atom stereocenters. The van der Waals surface area contributed by atoms with Gasteiger partial charge in [0.05, 0.1) is 11.7 Å². The average molecular weight is 442 g/mol. The normalized spacial score (nSPS) is 23.0. The Morgan fingerprint density at radius 2 is 1.90 bits per heavy atom. The molecule has 0 amide bonds. The maximum atomic E-state index is 12.7. The summed E-state index contributed by atoms with van der Waals surface area (Å²) in [7, 11) is -1.57. The maximum Gasteiger partial charge on any atom is 0.301 e. The SMILES string of the molecule is CN1CCN(S(=O)(=O)Nc2ccc3c(c2)COC(=NC2CCc4ccccc42)N3)CC1. The van der Waals surface area contributed by atoms with Gasteiger partial charge in [0, 0.05) is 37.4 Å². The molecule has 1 fully saturated rings. The minimum Gasteiger partial charge on any atom is -0.460 e. The van der Waals surface area contributed by atoms with Gasteiger partial charge in [-0.1, -0.05) is 24.3 Å². The number of aliphatic imine (C=N–C) groups is 1. The highest BCUT2D eigenvalue weighted by Crippen LogP contribution is 2.35. The van der Waals surface area contributed by atoms with Crippen molar-refractivity contribution in [1.82, 2.24) is 9.21 Å². The van der Waals surface area contributed by atoms with Gasteiger partial charge in [0.15, 0.2) is 0 Å². The molecule has 164 valence electrons. The van der Waals surface area contributed by atoms with Crippen molar-refractivity contribution in [2.24, 2.45) is 4.99 Å². The topological polar surface area (TPSA) is 86.3 Å². The molecule has 0 saturated carbocycles. The summed E-state index contributed by atoms with van der Waals surface area (Å²) in [6.07, 6.45) is 2.01. The second-order valence-electron chi connectivity index (χ2n) is 8.28. The van der Waals surface area contributed by atoms with Gasteiger partial charge in [0.1, 0.15) is 6.61 Å². The van der Waals surface area contributed by atoms with E-state index in [-0.39, 0.29) is 6.04 Å². The second kappa shape index (κ2) is 8.14. The number of hydrogen-bond acceptors (Lipinski definition) is 5. The Bertz CT molecular complexity index is 1110. The van der Waals surface area contributed by atoms with E-state index in [0.29, 0.717) is 31.4 Å². The van der Waals surface area contributed by atoms with Crippen molar-refractivity contribution in [2.45, 2.75) is 25.5 Å². The van der Waals surface area contributed by atoms with E-state index in [9.17, 15) is 8.42 Å². The highest BCUT2D eigenvalue weighted by molar-refractivity contribution is 7.90. The van der Waals surface area contributed by atoms with Crippen LogP contribution in [0.3, 0.4) is 0 Å². The number of nitrogens with zero attached hydrogens (tertiary/aromatic N) is 3. The minimum absolute atomic E-state index is 0.106. The molecule has 2 N–H and O–H groups in total. The number of benzene rings is 2. The van der Waals surface area contributed by atoms with Crippen molar-refractivity contribution in [3.05, 3.63) is 59.2 Å². The number of fused-ring (bicyclic) bond motifs is 2. The zero-order chi connectivity index (χ0) is 21.4. The molecule has 2 heterocycles. The van der Waals surface area contributed by atoms with Crippen LogP contribution in [0.15, 0.2) is 47.5 Å². The molecule has 0 radical (unpaired) electrons. The Morgan fingerprint density at radius 3 is 2.74 bits per heavy atom. The molecule has 3 aliphatic rings. The lowest BCUT2D eigenvalue weighted by atomic mass is 10.1. The molecular weight excluding hydrogens is 414 g/mol. The van der Waals surface area contributed by atoms with Crippen LogP contribution in [0.1, 0.15) is 29.2 Å². The van der Waals surface area contributed by atoms with Gasteiger partial charge in [-0.3, -0.25) is 4.72 Å². The molecule has 2 aromatic rings. The highest BCUT2D eigenvalue weighted by Gasteiger charge is 2.27. The summed E-state index contributed by atoms with van der Waals surface area (Å²) in [5.74, 6) is 0. The zero-order valence-corrected chi connectivity index (χ0v) is 18.4. The molecule has 2 aliphatic heterocycles. The van der Waals surface area contributed by atoms with Crippen molar-refractivity contribution in [2.75, 3.05) is 43.3 Å². The van der Waals surface area contributed by atoms with E-state index < -0.39 is 10.2 Å². The molecule has 8 nitrogen and oxygen atoms in total. The van der Waals surface area contributed by atoms with E-state index in [0.717, 1.165) is 37.2 Å². The van der Waals surface area contributed by atoms with Gasteiger partial charge in [0.25, 0.3) is 6.02 Å². The van der Waals surface area contributed by atoms with Crippen LogP contribution in [-0.2, 0) is 28.0 Å². The van der Waals surface area contributed by atoms with Gasteiger partial charge < -0.3 is 15.0 Å². The summed E-state index contributed by atoms with van der Waals surface area (Å²) in [4.78, 5) is 6.91. The standard InChI is InChI=1S/C22H27N5O3S/c1-26-10-12-27(13-11-26)31(28,29)25-18-7-9-20-17(14-18)15-30-22(23-20)24-21-8-6-16-4-2-3-5-19(16)21/h2-5,7,9,14,21,25H,6,8,10-13,15H2,1H3,(H,23,24). The van der Waals surface area contributed by atoms with Gasteiger partial charge in [-0.25, -0.2) is 4.99 Å². The summed E-state index contributed by atoms with van der Waals surface area (Å²) in [6, 6.07) is 14.5. The Labute approximate surface area is 183 Å². The largest absolute Gasteiger partial charge is 0.460 e. The van der Waals surface area contributed by atoms with Gasteiger partial charge in [-0.15, -0.1) is 0 Å². The van der Waals surface area contributed by atoms with Crippen molar-refractivity contribution in [1.29, 1.82) is 0 Å². The van der Waals surface area contributed by atoms with Crippen LogP contribution in [0.4, 0.5) is 11.4 Å². The minimum atomic E-state index is -3.57. The van der Waals surface area contributed by atoms with Gasteiger partial charge in [-0.05, 0) is 49.2 Å². The summed E-state index contributed by atoms with van der Waals surface area (Å²) < 4.78 is 35.4. The first kappa shape index (κ1) is 20.3. The fourth-order valence-corrected chi connectivity index (χ4v) is 5.52. The van der Waals surface area contributed by atoms with Gasteiger partial charge in [0.2, 0.25) is 0 Å². The predicted molar refractivity (Wildman–Crippen MR) is 121 cm³/mol. The summed E-state index contributed by atoms with van der Waals surface area (Å²) in [6.45, 7) is 2.80. The van der Waals surface area contributed by atoms with Crippen molar-refractivity contribution >= 4 is 27.6 Å². The van der Waals surface area contributed by atoms with Crippen LogP contribution in [-0.4, -0.2) is 56.9 Å². The Kier molecular flexibility index (Phi) is 5.33. The van der Waals surface area contributed by atoms with E-state index in [1.807, 2.05) is 25.2 Å². The summed E-state index contributed by atoms with van der Waals surface area (Å²) in [5, 5.41) is 3.25. The number of nitrogens with one attached hydrogen (secondary N) is 2. The van der Waals surface area contributed by atoms with Crippen LogP contribution in [0.5, 0.6) is 0 Å². The Morgan fingerprint density at radius 1 is 1.10 bits per heavy atom. The van der Waals surface area contributed by atoms with Crippen LogP contribution in [0.25, 0.3) is 0 Å². The van der Waals surface area contributed by atoms with E-state index in [4.69, 9.17) is 9.73 Å². The number of ether oxygens (including phenoxy) is 1. The quantitative estimate of drug-likeness (QED) is 0.762. The number of amidine groups is 1. The van der Waals surface area contributed by atoms with Crippen LogP contribution in [0, 0.1) is 0 Å². The number of hydrogen-bond donors (Lipinski definition) is 2. The molecule has 1 aliphatic carbocycles. The highest BCUT2D eigenvalue weighted by atomic mass is 32.2. The summed E-state index contributed by atoms with van der Waals surface area (Å²) >= 11 is 0. The lowest BCUT2D eigenvalue weighted by Crippen LogP contribution is -2.48. The van der Waals surface area contributed by atoms with Crippen LogP contribution in [0.2, 0.25) is 0 Å². The number of aryl methyl sites for hydroxylation is 1. The third-order valence-electron chi connectivity index (χ3n) is 6.13. The number of likely N-dealkylation sites (N-methyl/N-ethyl adjacent to an activating group) is 1. The van der Waals surface area contributed by atoms with Crippen molar-refractivity contribution in [3.63, 3.8) is 0 Å². The Balaban J connectivity index is 1.28. The summed E-state index contributed by atoms with van der Waals surface area (Å²) in [5.41, 5.74) is 4.93. The van der Waals surface area contributed by atoms with Crippen molar-refractivity contribution in [3.8, 4) is 0 Å². The monoisotopic (exact) mass is 441 g/mol. The molecule has 1 unspecified atom stereocenters. The first-order chi connectivity index (χ1) is 15.0. The maximum absolute atomic E-state index is 12.7. The first-order valence-electron chi connectivity index (χ1n) is 10.6. The number of anilines is 2. The van der Waals surface area contributed by atoms with Crippen LogP contribution >= 0.6 is 0 Å². The average Bonchev–Trinajstić information content (AvgIpc) is 3.17. The van der Waals surface area contributed by atoms with E-state index in [1.54, 1.807) is 6.07 Å². The molecule has 9 heteroatoms. The van der Waals surface area contributed by atoms with Gasteiger partial charge >= 0.3 is 10.2 Å². The van der Waals surface area contributed by atoms with E-state index >= 15 is 0 Å². The molecule has 5 rings (SSSR count). The third-order valence-corrected chi connectivity index (χ3v) is 7.67. The van der Waals surface area contributed by atoms with E-state index in [1.165, 1.54) is 15.4 Å². The lowest BCUT2D eigenvalue weighted by Gasteiger charge is -2.31. The van der Waals surface area contributed by atoms with E-state index in [2.05, 4.69) is 33.1 Å². The molecule has 1 saturated heterocycles. The molecule has 0 bridgehead atoms. The first-order valence-corrected chi connectivity index (χ1v) is 12.1. The fraction of sp³-hybridized carbons (Fsp3) is 0.409. The fourth-order valence-electron chi connectivity index (χ4n) is 4.32. The second-order valence-corrected chi connectivity index (χ2v) is 9.95. The zero-order valence-electron chi connectivity index (χ0n) is 17.5. The smallest absolute Gasteiger partial charge is 0.301 e. The lowest BCUT2D eigenvalue weighted by molar-refractivity contribution is 0.223. The number of piperazine rings is 1. The molecule has 31 heavy (non-hydrogen) atoms. The van der Waals surface area contributed by atoms with Crippen LogP contribution < -0.4 is 10.0 Å². The van der Waals surface area contributed by atoms with Gasteiger partial charge in [-0.2, -0.15) is 12.7 Å². The Hall–Kier alpha value is -2.62. The predicted octanol–water partition coefficient (Wildman–Crippen LogP) is 2.58. The third kappa shape index (κ3) is 4.26. The molecule has 2 aromatic carbocycles. The van der Waals surface area contributed by atoms with Crippen molar-refractivity contribution < 1.29 is 13.2 Å². The molecular formula is C22H27N5O3S. The molecule has 0 aromatic heterocycles. The number of rotatable bonds is 4.